The van der Waals surface area contributed by atoms with Crippen LogP contribution in [-0.2, 0) is 4.74 Å². The number of nitrogen functional groups attached to an aromatic ring is 1. The van der Waals surface area contributed by atoms with Crippen LogP contribution in [0.15, 0.2) is 12.3 Å². The van der Waals surface area contributed by atoms with Crippen LogP contribution in [0.4, 0.5) is 5.82 Å². The number of rotatable bonds is 3. The fourth-order valence-electron chi connectivity index (χ4n) is 2.28. The molecule has 0 bridgehead atoms. The molecule has 0 saturated carbocycles. The lowest BCUT2D eigenvalue weighted by molar-refractivity contribution is 0.0381. The van der Waals surface area contributed by atoms with Crippen LogP contribution in [0.25, 0.3) is 0 Å². The molecule has 0 aromatic carbocycles. The molecule has 3 N–H and O–H groups in total. The van der Waals surface area contributed by atoms with Crippen molar-refractivity contribution in [1.82, 2.24) is 4.98 Å². The monoisotopic (exact) mass is 248 g/mol. The van der Waals surface area contributed by atoms with E-state index in [9.17, 15) is 0 Å². The third kappa shape index (κ3) is 2.46. The van der Waals surface area contributed by atoms with Crippen LogP contribution in [0.3, 0.4) is 0 Å². The molecule has 2 heterocycles. The summed E-state index contributed by atoms with van der Waals surface area (Å²) in [6.07, 6.45) is 2.99. The van der Waals surface area contributed by atoms with Gasteiger partial charge in [0.2, 0.25) is 0 Å². The van der Waals surface area contributed by atoms with Gasteiger partial charge in [-0.3, -0.25) is 5.41 Å². The standard InChI is InChI=1S/C13H20N4O/c1-3-10-8-17(6-7-18-10)13-11(12(14)15)9(2)4-5-16-13/h4-5,10H,3,6-8H2,1-2H3,(H3,14,15). The fraction of sp³-hybridized carbons (Fsp3) is 0.538. The Balaban J connectivity index is 2.32. The lowest BCUT2D eigenvalue weighted by atomic mass is 10.1. The van der Waals surface area contributed by atoms with Gasteiger partial charge in [-0.2, -0.15) is 0 Å². The maximum atomic E-state index is 7.71. The first kappa shape index (κ1) is 12.8. The second kappa shape index (κ2) is 5.35. The first-order valence-electron chi connectivity index (χ1n) is 6.30. The van der Waals surface area contributed by atoms with E-state index in [2.05, 4.69) is 16.8 Å². The number of hydrogen-bond acceptors (Lipinski definition) is 4. The molecule has 2 rings (SSSR count). The lowest BCUT2D eigenvalue weighted by Crippen LogP contribution is -2.43. The van der Waals surface area contributed by atoms with Gasteiger partial charge >= 0.3 is 0 Å². The molecule has 0 radical (unpaired) electrons. The van der Waals surface area contributed by atoms with Gasteiger partial charge in [0, 0.05) is 19.3 Å². The Morgan fingerprint density at radius 1 is 1.67 bits per heavy atom. The zero-order valence-corrected chi connectivity index (χ0v) is 10.9. The number of hydrogen-bond donors (Lipinski definition) is 2. The SMILES string of the molecule is CCC1CN(c2nccc(C)c2C(=N)N)CCO1. The summed E-state index contributed by atoms with van der Waals surface area (Å²) in [6, 6.07) is 1.89. The predicted molar refractivity (Wildman–Crippen MR) is 72.2 cm³/mol. The van der Waals surface area contributed by atoms with E-state index >= 15 is 0 Å². The maximum Gasteiger partial charge on any atom is 0.139 e. The van der Waals surface area contributed by atoms with Crippen LogP contribution < -0.4 is 10.6 Å². The van der Waals surface area contributed by atoms with Gasteiger partial charge in [-0.05, 0) is 25.0 Å². The number of aryl methyl sites for hydroxylation is 1. The van der Waals surface area contributed by atoms with Gasteiger partial charge in [-0.25, -0.2) is 4.98 Å². The molecular formula is C13H20N4O. The Labute approximate surface area is 107 Å². The highest BCUT2D eigenvalue weighted by Crippen LogP contribution is 2.23. The molecule has 98 valence electrons. The summed E-state index contributed by atoms with van der Waals surface area (Å²) in [6.45, 7) is 6.38. The fourth-order valence-corrected chi connectivity index (χ4v) is 2.28. The highest BCUT2D eigenvalue weighted by molar-refractivity contribution is 6.01. The number of anilines is 1. The molecule has 1 atom stereocenters. The summed E-state index contributed by atoms with van der Waals surface area (Å²) in [4.78, 5) is 6.57. The van der Waals surface area contributed by atoms with E-state index in [1.54, 1.807) is 6.20 Å². The molecule has 1 aliphatic rings. The van der Waals surface area contributed by atoms with Crippen molar-refractivity contribution < 1.29 is 4.74 Å². The number of nitrogens with one attached hydrogen (secondary N) is 1. The minimum Gasteiger partial charge on any atom is -0.384 e. The van der Waals surface area contributed by atoms with Gasteiger partial charge in [0.05, 0.1) is 18.3 Å². The number of ether oxygens (including phenoxy) is 1. The third-order valence-electron chi connectivity index (χ3n) is 3.30. The number of amidine groups is 1. The van der Waals surface area contributed by atoms with E-state index in [1.165, 1.54) is 0 Å². The topological polar surface area (TPSA) is 75.2 Å². The van der Waals surface area contributed by atoms with E-state index in [0.29, 0.717) is 6.61 Å². The highest BCUT2D eigenvalue weighted by atomic mass is 16.5. The Kier molecular flexibility index (Phi) is 3.81. The van der Waals surface area contributed by atoms with Crippen LogP contribution in [0.1, 0.15) is 24.5 Å². The van der Waals surface area contributed by atoms with Crippen LogP contribution in [-0.4, -0.2) is 36.6 Å². The third-order valence-corrected chi connectivity index (χ3v) is 3.30. The number of pyridine rings is 1. The van der Waals surface area contributed by atoms with Crippen molar-refractivity contribution in [3.63, 3.8) is 0 Å². The highest BCUT2D eigenvalue weighted by Gasteiger charge is 2.23. The van der Waals surface area contributed by atoms with E-state index in [0.717, 1.165) is 36.5 Å². The van der Waals surface area contributed by atoms with Crippen molar-refractivity contribution in [3.05, 3.63) is 23.4 Å². The summed E-state index contributed by atoms with van der Waals surface area (Å²) < 4.78 is 5.66. The van der Waals surface area contributed by atoms with E-state index in [4.69, 9.17) is 15.9 Å². The molecule has 1 aliphatic heterocycles. The predicted octanol–water partition coefficient (Wildman–Crippen LogP) is 1.29. The van der Waals surface area contributed by atoms with Crippen molar-refractivity contribution in [1.29, 1.82) is 5.41 Å². The molecule has 18 heavy (non-hydrogen) atoms. The molecule has 1 saturated heterocycles. The smallest absolute Gasteiger partial charge is 0.139 e. The van der Waals surface area contributed by atoms with Crippen molar-refractivity contribution in [3.8, 4) is 0 Å². The average Bonchev–Trinajstić information content (AvgIpc) is 2.38. The number of aromatic nitrogens is 1. The Bertz CT molecular complexity index is 447. The Morgan fingerprint density at radius 2 is 2.44 bits per heavy atom. The van der Waals surface area contributed by atoms with Gasteiger partial charge in [0.15, 0.2) is 0 Å². The molecule has 1 aromatic rings. The summed E-state index contributed by atoms with van der Waals surface area (Å²) >= 11 is 0. The largest absolute Gasteiger partial charge is 0.384 e. The number of morpholine rings is 1. The molecule has 0 spiro atoms. The quantitative estimate of drug-likeness (QED) is 0.624. The minimum atomic E-state index is 0.0788. The van der Waals surface area contributed by atoms with Gasteiger partial charge < -0.3 is 15.4 Å². The minimum absolute atomic E-state index is 0.0788. The van der Waals surface area contributed by atoms with Crippen molar-refractivity contribution >= 4 is 11.7 Å². The summed E-state index contributed by atoms with van der Waals surface area (Å²) in [5.41, 5.74) is 7.41. The number of nitrogens with two attached hydrogens (primary N) is 1. The number of nitrogens with zero attached hydrogens (tertiary/aromatic N) is 2. The van der Waals surface area contributed by atoms with Crippen molar-refractivity contribution in [2.75, 3.05) is 24.6 Å². The lowest BCUT2D eigenvalue weighted by Gasteiger charge is -2.34. The van der Waals surface area contributed by atoms with Crippen LogP contribution >= 0.6 is 0 Å². The Hall–Kier alpha value is -1.62. The summed E-state index contributed by atoms with van der Waals surface area (Å²) in [5.74, 6) is 0.888. The second-order valence-corrected chi connectivity index (χ2v) is 4.59. The first-order chi connectivity index (χ1) is 8.63. The van der Waals surface area contributed by atoms with E-state index in [-0.39, 0.29) is 11.9 Å². The molecule has 0 aliphatic carbocycles. The molecule has 1 fully saturated rings. The molecular weight excluding hydrogens is 228 g/mol. The van der Waals surface area contributed by atoms with Gasteiger partial charge in [0.1, 0.15) is 11.7 Å². The Morgan fingerprint density at radius 3 is 3.11 bits per heavy atom. The van der Waals surface area contributed by atoms with Crippen molar-refractivity contribution in [2.45, 2.75) is 26.4 Å². The average molecular weight is 248 g/mol. The van der Waals surface area contributed by atoms with Crippen LogP contribution in [0.2, 0.25) is 0 Å². The van der Waals surface area contributed by atoms with Crippen LogP contribution in [0, 0.1) is 12.3 Å². The summed E-state index contributed by atoms with van der Waals surface area (Å²) in [5, 5.41) is 7.71. The maximum absolute atomic E-state index is 7.71. The van der Waals surface area contributed by atoms with E-state index < -0.39 is 0 Å². The van der Waals surface area contributed by atoms with Gasteiger partial charge in [-0.1, -0.05) is 6.92 Å². The molecule has 5 nitrogen and oxygen atoms in total. The van der Waals surface area contributed by atoms with Gasteiger partial charge in [-0.15, -0.1) is 0 Å². The van der Waals surface area contributed by atoms with Gasteiger partial charge in [0.25, 0.3) is 0 Å². The van der Waals surface area contributed by atoms with E-state index in [1.807, 2.05) is 13.0 Å². The van der Waals surface area contributed by atoms with Crippen molar-refractivity contribution in [2.24, 2.45) is 5.73 Å². The first-order valence-corrected chi connectivity index (χ1v) is 6.30. The second-order valence-electron chi connectivity index (χ2n) is 4.59. The molecule has 5 heteroatoms. The molecule has 1 aromatic heterocycles. The zero-order chi connectivity index (χ0) is 13.1. The zero-order valence-electron chi connectivity index (χ0n) is 10.9. The normalized spacial score (nSPS) is 19.9. The molecule has 1 unspecified atom stereocenters. The molecule has 0 amide bonds. The van der Waals surface area contributed by atoms with Crippen LogP contribution in [0.5, 0.6) is 0 Å². The summed E-state index contributed by atoms with van der Waals surface area (Å²) in [7, 11) is 0.